The number of aromatic nitrogens is 2. The van der Waals surface area contributed by atoms with E-state index in [9.17, 15) is 10.1 Å². The van der Waals surface area contributed by atoms with Crippen LogP contribution in [0, 0.1) is 10.1 Å². The number of nitrogens with zero attached hydrogens (tertiary/aromatic N) is 3. The van der Waals surface area contributed by atoms with Gasteiger partial charge in [0.15, 0.2) is 0 Å². The van der Waals surface area contributed by atoms with Crippen molar-refractivity contribution in [3.63, 3.8) is 0 Å². The maximum atomic E-state index is 10.9. The van der Waals surface area contributed by atoms with E-state index in [0.717, 1.165) is 5.56 Å². The zero-order chi connectivity index (χ0) is 13.7. The van der Waals surface area contributed by atoms with Crippen molar-refractivity contribution in [1.29, 1.82) is 0 Å². The molecule has 1 N–H and O–H groups in total. The third-order valence-electron chi connectivity index (χ3n) is 2.54. The summed E-state index contributed by atoms with van der Waals surface area (Å²) < 4.78 is 0. The molecule has 0 aromatic carbocycles. The van der Waals surface area contributed by atoms with Crippen LogP contribution >= 0.6 is 0 Å². The molecule has 2 rings (SSSR count). The highest BCUT2D eigenvalue weighted by Crippen LogP contribution is 2.19. The summed E-state index contributed by atoms with van der Waals surface area (Å²) in [5, 5.41) is 13.9. The Bertz CT molecular complexity index is 572. The number of nitrogens with one attached hydrogen (secondary N) is 1. The molecule has 0 atom stereocenters. The molecule has 2 heterocycles. The van der Waals surface area contributed by atoms with Crippen LogP contribution < -0.4 is 5.32 Å². The second-order valence-electron chi connectivity index (χ2n) is 4.03. The summed E-state index contributed by atoms with van der Waals surface area (Å²) in [6.45, 7) is 2.59. The van der Waals surface area contributed by atoms with Gasteiger partial charge in [0.2, 0.25) is 0 Å². The van der Waals surface area contributed by atoms with Gasteiger partial charge in [-0.25, -0.2) is 4.98 Å². The standard InChI is InChI=1S/C13H14N4O2/c1-2-15-13-8-12(17(18)19)7-11(16-13)6-10-4-3-5-14-9-10/h3-5,7-9H,2,6H2,1H3,(H,15,16). The summed E-state index contributed by atoms with van der Waals surface area (Å²) in [6, 6.07) is 6.68. The fraction of sp³-hybridized carbons (Fsp3) is 0.231. The summed E-state index contributed by atoms with van der Waals surface area (Å²) in [6.07, 6.45) is 3.94. The molecule has 0 aliphatic carbocycles. The molecule has 2 aromatic rings. The van der Waals surface area contributed by atoms with Gasteiger partial charge >= 0.3 is 0 Å². The van der Waals surface area contributed by atoms with Gasteiger partial charge in [0, 0.05) is 31.4 Å². The maximum Gasteiger partial charge on any atom is 0.274 e. The fourth-order valence-corrected chi connectivity index (χ4v) is 1.75. The number of hydrogen-bond donors (Lipinski definition) is 1. The topological polar surface area (TPSA) is 81.0 Å². The molecule has 0 unspecified atom stereocenters. The summed E-state index contributed by atoms with van der Waals surface area (Å²) in [4.78, 5) is 18.9. The fourth-order valence-electron chi connectivity index (χ4n) is 1.75. The SMILES string of the molecule is CCNc1cc([N+](=O)[O-])cc(Cc2cccnc2)n1. The lowest BCUT2D eigenvalue weighted by atomic mass is 10.1. The molecule has 6 nitrogen and oxygen atoms in total. The lowest BCUT2D eigenvalue weighted by Gasteiger charge is -2.06. The number of anilines is 1. The third-order valence-corrected chi connectivity index (χ3v) is 2.54. The van der Waals surface area contributed by atoms with Gasteiger partial charge in [-0.2, -0.15) is 0 Å². The van der Waals surface area contributed by atoms with E-state index in [1.165, 1.54) is 12.1 Å². The predicted octanol–water partition coefficient (Wildman–Crippen LogP) is 2.41. The van der Waals surface area contributed by atoms with Gasteiger partial charge in [0.05, 0.1) is 16.7 Å². The van der Waals surface area contributed by atoms with Crippen LogP contribution in [-0.2, 0) is 6.42 Å². The molecule has 2 aromatic heterocycles. The van der Waals surface area contributed by atoms with Gasteiger partial charge in [-0.05, 0) is 18.6 Å². The van der Waals surface area contributed by atoms with Gasteiger partial charge in [0.25, 0.3) is 5.69 Å². The van der Waals surface area contributed by atoms with Crippen LogP contribution in [0.3, 0.4) is 0 Å². The molecule has 0 bridgehead atoms. The van der Waals surface area contributed by atoms with Crippen molar-refractivity contribution < 1.29 is 4.92 Å². The minimum Gasteiger partial charge on any atom is -0.370 e. The number of nitro groups is 1. The highest BCUT2D eigenvalue weighted by atomic mass is 16.6. The molecule has 0 radical (unpaired) electrons. The second kappa shape index (κ2) is 5.90. The Labute approximate surface area is 110 Å². The van der Waals surface area contributed by atoms with E-state index in [1.807, 2.05) is 19.1 Å². The smallest absolute Gasteiger partial charge is 0.274 e. The summed E-state index contributed by atoms with van der Waals surface area (Å²) in [5.41, 5.74) is 1.67. The number of pyridine rings is 2. The first-order chi connectivity index (χ1) is 9.19. The quantitative estimate of drug-likeness (QED) is 0.658. The van der Waals surface area contributed by atoms with Crippen molar-refractivity contribution in [2.45, 2.75) is 13.3 Å². The lowest BCUT2D eigenvalue weighted by molar-refractivity contribution is -0.384. The lowest BCUT2D eigenvalue weighted by Crippen LogP contribution is -2.03. The first-order valence-electron chi connectivity index (χ1n) is 5.97. The zero-order valence-electron chi connectivity index (χ0n) is 10.5. The van der Waals surface area contributed by atoms with E-state index in [0.29, 0.717) is 24.5 Å². The van der Waals surface area contributed by atoms with Gasteiger partial charge in [-0.15, -0.1) is 0 Å². The summed E-state index contributed by atoms with van der Waals surface area (Å²) in [7, 11) is 0. The minimum absolute atomic E-state index is 0.0461. The van der Waals surface area contributed by atoms with Gasteiger partial charge in [0.1, 0.15) is 5.82 Å². The third kappa shape index (κ3) is 3.48. The molecule has 98 valence electrons. The minimum atomic E-state index is -0.407. The van der Waals surface area contributed by atoms with Gasteiger partial charge < -0.3 is 5.32 Å². The molecule has 0 saturated heterocycles. The van der Waals surface area contributed by atoms with E-state index in [1.54, 1.807) is 12.4 Å². The van der Waals surface area contributed by atoms with Crippen LogP contribution in [0.25, 0.3) is 0 Å². The van der Waals surface area contributed by atoms with Crippen molar-refractivity contribution >= 4 is 11.5 Å². The van der Waals surface area contributed by atoms with Crippen molar-refractivity contribution in [1.82, 2.24) is 9.97 Å². The Morgan fingerprint density at radius 3 is 2.89 bits per heavy atom. The number of rotatable bonds is 5. The molecule has 19 heavy (non-hydrogen) atoms. The first-order valence-corrected chi connectivity index (χ1v) is 5.97. The molecule has 0 aliphatic heterocycles. The molecule has 0 saturated carbocycles. The normalized spacial score (nSPS) is 10.2. The average Bonchev–Trinajstić information content (AvgIpc) is 2.40. The molecule has 6 heteroatoms. The molecule has 0 amide bonds. The van der Waals surface area contributed by atoms with Gasteiger partial charge in [-0.3, -0.25) is 15.1 Å². The van der Waals surface area contributed by atoms with Crippen molar-refractivity contribution in [2.24, 2.45) is 0 Å². The Hall–Kier alpha value is -2.50. The van der Waals surface area contributed by atoms with Crippen LogP contribution in [-0.4, -0.2) is 21.4 Å². The van der Waals surface area contributed by atoms with Crippen molar-refractivity contribution in [2.75, 3.05) is 11.9 Å². The highest BCUT2D eigenvalue weighted by molar-refractivity contribution is 5.47. The predicted molar refractivity (Wildman–Crippen MR) is 72.1 cm³/mol. The van der Waals surface area contributed by atoms with E-state index in [4.69, 9.17) is 0 Å². The van der Waals surface area contributed by atoms with E-state index in [-0.39, 0.29) is 5.69 Å². The Morgan fingerprint density at radius 2 is 2.26 bits per heavy atom. The highest BCUT2D eigenvalue weighted by Gasteiger charge is 2.11. The molecule has 0 fully saturated rings. The van der Waals surface area contributed by atoms with Crippen molar-refractivity contribution in [3.8, 4) is 0 Å². The van der Waals surface area contributed by atoms with Gasteiger partial charge in [-0.1, -0.05) is 6.07 Å². The van der Waals surface area contributed by atoms with Crippen molar-refractivity contribution in [3.05, 3.63) is 58.0 Å². The van der Waals surface area contributed by atoms with E-state index >= 15 is 0 Å². The van der Waals surface area contributed by atoms with Crippen LogP contribution in [0.1, 0.15) is 18.2 Å². The van der Waals surface area contributed by atoms with Crippen LogP contribution in [0.4, 0.5) is 11.5 Å². The second-order valence-corrected chi connectivity index (χ2v) is 4.03. The largest absolute Gasteiger partial charge is 0.370 e. The Morgan fingerprint density at radius 1 is 1.42 bits per heavy atom. The molecule has 0 aliphatic rings. The first kappa shape index (κ1) is 12.9. The Balaban J connectivity index is 2.31. The molecule has 0 spiro atoms. The van der Waals surface area contributed by atoms with E-state index < -0.39 is 4.92 Å². The van der Waals surface area contributed by atoms with E-state index in [2.05, 4.69) is 15.3 Å². The molecular formula is C13H14N4O2. The number of hydrogen-bond acceptors (Lipinski definition) is 5. The summed E-state index contributed by atoms with van der Waals surface area (Å²) in [5.74, 6) is 0.524. The van der Waals surface area contributed by atoms with Crippen LogP contribution in [0.15, 0.2) is 36.7 Å². The maximum absolute atomic E-state index is 10.9. The Kier molecular flexibility index (Phi) is 4.02. The zero-order valence-corrected chi connectivity index (χ0v) is 10.5. The van der Waals surface area contributed by atoms with Crippen LogP contribution in [0.5, 0.6) is 0 Å². The average molecular weight is 258 g/mol. The molecular weight excluding hydrogens is 244 g/mol. The monoisotopic (exact) mass is 258 g/mol. The van der Waals surface area contributed by atoms with Crippen LogP contribution in [0.2, 0.25) is 0 Å². The summed E-state index contributed by atoms with van der Waals surface area (Å²) >= 11 is 0.